The minimum absolute atomic E-state index is 0.126. The number of nitrogens with zero attached hydrogens (tertiary/aromatic N) is 6. The molecular formula is C34H42Br2N8O2. The molecule has 4 aromatic rings. The number of benzene rings is 2. The summed E-state index contributed by atoms with van der Waals surface area (Å²) in [6.07, 6.45) is 5.49. The molecule has 0 aliphatic carbocycles. The fourth-order valence-electron chi connectivity index (χ4n) is 6.44. The average molecular weight is 755 g/mol. The van der Waals surface area contributed by atoms with Crippen molar-refractivity contribution in [1.82, 2.24) is 29.4 Å². The van der Waals surface area contributed by atoms with E-state index in [1.54, 1.807) is 26.5 Å². The molecule has 2 N–H and O–H groups in total. The van der Waals surface area contributed by atoms with Gasteiger partial charge in [-0.05, 0) is 81.8 Å². The number of halogens is 2. The molecule has 4 heterocycles. The second-order valence-corrected chi connectivity index (χ2v) is 14.0. The third kappa shape index (κ3) is 8.52. The van der Waals surface area contributed by atoms with E-state index in [1.807, 2.05) is 12.1 Å². The zero-order valence-corrected chi connectivity index (χ0v) is 29.9. The molecule has 0 radical (unpaired) electrons. The standard InChI is InChI=1S/2C17H21BrN4O/c2*1-21-10-13(12-6-4-3-5-7-12)8-14(11-21)20-15-9-19-22(2)17(23)16(15)18/h2*3-7,9,13-14,20H,8,10-11H2,1-2H3. The Morgan fingerprint density at radius 1 is 0.609 bits per heavy atom. The molecular weight excluding hydrogens is 712 g/mol. The number of rotatable bonds is 6. The van der Waals surface area contributed by atoms with Gasteiger partial charge < -0.3 is 20.4 Å². The Hall–Kier alpha value is -3.32. The van der Waals surface area contributed by atoms with Crippen LogP contribution in [0.25, 0.3) is 0 Å². The SMILES string of the molecule is CN1CC(Nc2cnn(C)c(=O)c2Br)CC(c2ccccc2)C1.CN1CC(Nc2cnn(C)c(=O)c2Br)CC(c2ccccc2)C1. The van der Waals surface area contributed by atoms with Crippen LogP contribution in [-0.2, 0) is 14.1 Å². The molecule has 2 aliphatic heterocycles. The van der Waals surface area contributed by atoms with Gasteiger partial charge in [0.1, 0.15) is 8.95 Å². The Morgan fingerprint density at radius 2 is 0.978 bits per heavy atom. The van der Waals surface area contributed by atoms with Crippen molar-refractivity contribution >= 4 is 43.2 Å². The van der Waals surface area contributed by atoms with Gasteiger partial charge in [-0.25, -0.2) is 9.36 Å². The molecule has 2 fully saturated rings. The van der Waals surface area contributed by atoms with Crippen molar-refractivity contribution < 1.29 is 0 Å². The van der Waals surface area contributed by atoms with Crippen molar-refractivity contribution in [2.24, 2.45) is 14.1 Å². The summed E-state index contributed by atoms with van der Waals surface area (Å²) in [6, 6.07) is 21.8. The Labute approximate surface area is 287 Å². The molecule has 2 aromatic heterocycles. The quantitative estimate of drug-likeness (QED) is 0.288. The van der Waals surface area contributed by atoms with E-state index >= 15 is 0 Å². The third-order valence-corrected chi connectivity index (χ3v) is 10.2. The zero-order valence-electron chi connectivity index (χ0n) is 26.7. The van der Waals surface area contributed by atoms with E-state index in [9.17, 15) is 9.59 Å². The number of nitrogens with one attached hydrogen (secondary N) is 2. The smallest absolute Gasteiger partial charge is 0.282 e. The predicted molar refractivity (Wildman–Crippen MR) is 192 cm³/mol. The Kier molecular flexibility index (Phi) is 11.5. The fraction of sp³-hybridized carbons (Fsp3) is 0.412. The van der Waals surface area contributed by atoms with Crippen molar-refractivity contribution in [3.05, 3.63) is 114 Å². The number of aromatic nitrogens is 4. The van der Waals surface area contributed by atoms with E-state index in [-0.39, 0.29) is 23.2 Å². The highest BCUT2D eigenvalue weighted by Crippen LogP contribution is 2.30. The molecule has 0 amide bonds. The van der Waals surface area contributed by atoms with Crippen LogP contribution < -0.4 is 21.8 Å². The maximum Gasteiger partial charge on any atom is 0.282 e. The van der Waals surface area contributed by atoms with E-state index in [2.05, 4.69) is 125 Å². The summed E-state index contributed by atoms with van der Waals surface area (Å²) >= 11 is 6.77. The van der Waals surface area contributed by atoms with Gasteiger partial charge >= 0.3 is 0 Å². The highest BCUT2D eigenvalue weighted by Gasteiger charge is 2.28. The number of likely N-dealkylation sites (tertiary alicyclic amines) is 2. The van der Waals surface area contributed by atoms with Gasteiger partial charge in [0.05, 0.1) is 23.8 Å². The topological polar surface area (TPSA) is 100 Å². The third-order valence-electron chi connectivity index (χ3n) is 8.68. The minimum Gasteiger partial charge on any atom is -0.379 e. The highest BCUT2D eigenvalue weighted by atomic mass is 79.9. The second-order valence-electron chi connectivity index (χ2n) is 12.4. The van der Waals surface area contributed by atoms with Crippen LogP contribution in [0.1, 0.15) is 35.8 Å². The molecule has 2 aromatic carbocycles. The van der Waals surface area contributed by atoms with Gasteiger partial charge in [-0.3, -0.25) is 9.59 Å². The van der Waals surface area contributed by atoms with Crippen molar-refractivity contribution in [3.8, 4) is 0 Å². The second kappa shape index (κ2) is 15.5. The van der Waals surface area contributed by atoms with Crippen LogP contribution in [0, 0.1) is 0 Å². The molecule has 10 nitrogen and oxygen atoms in total. The normalized spacial score (nSPS) is 22.0. The average Bonchev–Trinajstić information content (AvgIpc) is 3.06. The summed E-state index contributed by atoms with van der Waals surface area (Å²) in [7, 11) is 7.58. The highest BCUT2D eigenvalue weighted by molar-refractivity contribution is 9.11. The van der Waals surface area contributed by atoms with Crippen LogP contribution in [0.5, 0.6) is 0 Å². The van der Waals surface area contributed by atoms with E-state index < -0.39 is 0 Å². The number of piperidine rings is 2. The van der Waals surface area contributed by atoms with Gasteiger partial charge in [0.25, 0.3) is 11.1 Å². The molecule has 46 heavy (non-hydrogen) atoms. The van der Waals surface area contributed by atoms with Crippen LogP contribution in [0.15, 0.2) is 91.6 Å². The summed E-state index contributed by atoms with van der Waals surface area (Å²) in [5.41, 5.74) is 4.01. The summed E-state index contributed by atoms with van der Waals surface area (Å²) in [5.74, 6) is 0.983. The molecule has 4 atom stereocenters. The molecule has 2 saturated heterocycles. The van der Waals surface area contributed by atoms with Gasteiger partial charge in [-0.2, -0.15) is 10.2 Å². The first-order valence-corrected chi connectivity index (χ1v) is 17.1. The first-order valence-electron chi connectivity index (χ1n) is 15.5. The number of hydrogen-bond donors (Lipinski definition) is 2. The van der Waals surface area contributed by atoms with Crippen molar-refractivity contribution in [3.63, 3.8) is 0 Å². The van der Waals surface area contributed by atoms with Crippen LogP contribution >= 0.6 is 31.9 Å². The first-order chi connectivity index (χ1) is 22.1. The summed E-state index contributed by atoms with van der Waals surface area (Å²) < 4.78 is 3.74. The Morgan fingerprint density at radius 3 is 1.35 bits per heavy atom. The number of likely N-dealkylation sites (N-methyl/N-ethyl adjacent to an activating group) is 2. The van der Waals surface area contributed by atoms with Crippen LogP contribution in [0.4, 0.5) is 11.4 Å². The van der Waals surface area contributed by atoms with Crippen molar-refractivity contribution in [2.75, 3.05) is 50.9 Å². The largest absolute Gasteiger partial charge is 0.379 e. The van der Waals surface area contributed by atoms with E-state index in [1.165, 1.54) is 20.5 Å². The van der Waals surface area contributed by atoms with Crippen LogP contribution in [0.3, 0.4) is 0 Å². The van der Waals surface area contributed by atoms with Gasteiger partial charge in [0, 0.05) is 52.4 Å². The lowest BCUT2D eigenvalue weighted by molar-refractivity contribution is 0.235. The number of anilines is 2. The maximum absolute atomic E-state index is 12.0. The van der Waals surface area contributed by atoms with Crippen LogP contribution in [0.2, 0.25) is 0 Å². The molecule has 12 heteroatoms. The molecule has 244 valence electrons. The number of hydrogen-bond acceptors (Lipinski definition) is 8. The molecule has 6 rings (SSSR count). The first kappa shape index (κ1) is 34.0. The van der Waals surface area contributed by atoms with Gasteiger partial charge in [0.2, 0.25) is 0 Å². The monoisotopic (exact) mass is 752 g/mol. The molecule has 2 aliphatic rings. The molecule has 0 saturated carbocycles. The van der Waals surface area contributed by atoms with Crippen LogP contribution in [-0.4, -0.2) is 81.7 Å². The summed E-state index contributed by atoms with van der Waals surface area (Å²) in [4.78, 5) is 28.6. The summed E-state index contributed by atoms with van der Waals surface area (Å²) in [5, 5.41) is 15.2. The number of aryl methyl sites for hydroxylation is 2. The predicted octanol–water partition coefficient (Wildman–Crippen LogP) is 4.89. The molecule has 0 spiro atoms. The maximum atomic E-state index is 12.0. The van der Waals surface area contributed by atoms with E-state index in [4.69, 9.17) is 0 Å². The Bertz CT molecular complexity index is 1590. The minimum atomic E-state index is -0.126. The van der Waals surface area contributed by atoms with E-state index in [0.717, 1.165) is 50.4 Å². The van der Waals surface area contributed by atoms with Crippen molar-refractivity contribution in [2.45, 2.75) is 36.8 Å². The zero-order chi connectivity index (χ0) is 32.8. The lowest BCUT2D eigenvalue weighted by Crippen LogP contribution is -2.43. The lowest BCUT2D eigenvalue weighted by atomic mass is 9.88. The fourth-order valence-corrected chi connectivity index (χ4v) is 7.39. The van der Waals surface area contributed by atoms with Crippen molar-refractivity contribution in [1.29, 1.82) is 0 Å². The molecule has 0 bridgehead atoms. The van der Waals surface area contributed by atoms with Gasteiger partial charge in [-0.15, -0.1) is 0 Å². The Balaban J connectivity index is 0.000000181. The summed E-state index contributed by atoms with van der Waals surface area (Å²) in [6.45, 7) is 4.01. The van der Waals surface area contributed by atoms with Gasteiger partial charge in [-0.1, -0.05) is 60.7 Å². The van der Waals surface area contributed by atoms with E-state index in [0.29, 0.717) is 20.8 Å². The van der Waals surface area contributed by atoms with Gasteiger partial charge in [0.15, 0.2) is 0 Å². The molecule has 4 unspecified atom stereocenters. The lowest BCUT2D eigenvalue weighted by Gasteiger charge is -2.36.